The number of carbonyl (C=O) groups excluding carboxylic acids is 4. The summed E-state index contributed by atoms with van der Waals surface area (Å²) in [7, 11) is 0. The number of carboxylic acid groups (broad SMARTS) is 2. The lowest BCUT2D eigenvalue weighted by atomic mass is 10.1. The van der Waals surface area contributed by atoms with Crippen LogP contribution in [-0.2, 0) is 35.2 Å². The number of H-pyrrole nitrogens is 1. The summed E-state index contributed by atoms with van der Waals surface area (Å²) in [6.45, 7) is -0.525. The maximum Gasteiger partial charge on any atom is 0.326 e. The first-order chi connectivity index (χ1) is 14.5. The highest BCUT2D eigenvalue weighted by atomic mass is 16.4. The minimum absolute atomic E-state index is 0.174. The number of nitrogens with zero attached hydrogens (tertiary/aromatic N) is 1. The van der Waals surface area contributed by atoms with Crippen molar-refractivity contribution in [1.29, 1.82) is 0 Å². The van der Waals surface area contributed by atoms with Gasteiger partial charge in [-0.1, -0.05) is 0 Å². The summed E-state index contributed by atoms with van der Waals surface area (Å²) in [5.41, 5.74) is 10.6. The number of primary amides is 1. The Labute approximate surface area is 174 Å². The highest BCUT2D eigenvalue weighted by molar-refractivity contribution is 5.96. The minimum atomic E-state index is -1.63. The number of carboxylic acids is 2. The van der Waals surface area contributed by atoms with Gasteiger partial charge in [-0.3, -0.25) is 24.0 Å². The van der Waals surface area contributed by atoms with Crippen LogP contribution in [0.25, 0.3) is 0 Å². The lowest BCUT2D eigenvalue weighted by Crippen LogP contribution is -2.57. The molecule has 31 heavy (non-hydrogen) atoms. The molecule has 0 bridgehead atoms. The molecule has 15 nitrogen and oxygen atoms in total. The maximum atomic E-state index is 12.5. The SMILES string of the molecule is NCC(=O)NC(CC(=O)O)C(=O)NC(CC(N)=O)C(=O)NC(Cc1cnc[nH]1)C(=O)O. The van der Waals surface area contributed by atoms with Crippen molar-refractivity contribution in [2.24, 2.45) is 11.5 Å². The Kier molecular flexibility index (Phi) is 9.58. The molecule has 0 aliphatic carbocycles. The summed E-state index contributed by atoms with van der Waals surface area (Å²) in [5, 5.41) is 24.6. The molecule has 3 unspecified atom stereocenters. The van der Waals surface area contributed by atoms with E-state index in [4.69, 9.17) is 16.6 Å². The molecule has 0 aliphatic rings. The van der Waals surface area contributed by atoms with E-state index in [-0.39, 0.29) is 6.42 Å². The molecular formula is C16H23N7O8. The lowest BCUT2D eigenvalue weighted by Gasteiger charge is -2.23. The van der Waals surface area contributed by atoms with Crippen LogP contribution in [0.5, 0.6) is 0 Å². The molecule has 1 rings (SSSR count). The Balaban J connectivity index is 2.95. The van der Waals surface area contributed by atoms with Gasteiger partial charge in [0, 0.05) is 18.3 Å². The summed E-state index contributed by atoms with van der Waals surface area (Å²) < 4.78 is 0. The lowest BCUT2D eigenvalue weighted by molar-refractivity contribution is -0.143. The molecule has 170 valence electrons. The van der Waals surface area contributed by atoms with Crippen molar-refractivity contribution < 1.29 is 39.0 Å². The van der Waals surface area contributed by atoms with Crippen LogP contribution in [-0.4, -0.2) is 80.4 Å². The number of carbonyl (C=O) groups is 6. The maximum absolute atomic E-state index is 12.5. The Hall–Kier alpha value is -4.01. The average Bonchev–Trinajstić information content (AvgIpc) is 3.18. The van der Waals surface area contributed by atoms with Gasteiger partial charge in [-0.15, -0.1) is 0 Å². The van der Waals surface area contributed by atoms with Gasteiger partial charge in [0.1, 0.15) is 18.1 Å². The fourth-order valence-corrected chi connectivity index (χ4v) is 2.41. The highest BCUT2D eigenvalue weighted by Gasteiger charge is 2.31. The summed E-state index contributed by atoms with van der Waals surface area (Å²) in [5.74, 6) is -6.82. The van der Waals surface area contributed by atoms with Crippen molar-refractivity contribution in [3.8, 4) is 0 Å². The fourth-order valence-electron chi connectivity index (χ4n) is 2.41. The van der Waals surface area contributed by atoms with Crippen LogP contribution in [0.3, 0.4) is 0 Å². The number of aliphatic carboxylic acids is 2. The third-order valence-electron chi connectivity index (χ3n) is 3.85. The van der Waals surface area contributed by atoms with Crippen LogP contribution >= 0.6 is 0 Å². The molecule has 0 aliphatic heterocycles. The number of rotatable bonds is 13. The number of nitrogens with one attached hydrogen (secondary N) is 4. The van der Waals surface area contributed by atoms with Gasteiger partial charge in [-0.2, -0.15) is 0 Å². The molecule has 0 aromatic carbocycles. The second-order valence-electron chi connectivity index (χ2n) is 6.33. The molecule has 0 saturated heterocycles. The quantitative estimate of drug-likeness (QED) is 0.146. The normalized spacial score (nSPS) is 13.3. The van der Waals surface area contributed by atoms with Crippen molar-refractivity contribution in [2.45, 2.75) is 37.4 Å². The third kappa shape index (κ3) is 8.90. The first-order valence-corrected chi connectivity index (χ1v) is 8.83. The number of aromatic amines is 1. The van der Waals surface area contributed by atoms with Gasteiger partial charge in [-0.25, -0.2) is 9.78 Å². The van der Waals surface area contributed by atoms with Crippen molar-refractivity contribution in [1.82, 2.24) is 25.9 Å². The zero-order chi connectivity index (χ0) is 23.6. The van der Waals surface area contributed by atoms with E-state index >= 15 is 0 Å². The highest BCUT2D eigenvalue weighted by Crippen LogP contribution is 2.02. The van der Waals surface area contributed by atoms with E-state index in [1.54, 1.807) is 0 Å². The first-order valence-electron chi connectivity index (χ1n) is 8.83. The van der Waals surface area contributed by atoms with E-state index in [1.165, 1.54) is 12.5 Å². The molecule has 15 heteroatoms. The summed E-state index contributed by atoms with van der Waals surface area (Å²) in [6, 6.07) is -4.66. The number of hydrogen-bond acceptors (Lipinski definition) is 8. The van der Waals surface area contributed by atoms with E-state index in [2.05, 4.69) is 25.9 Å². The van der Waals surface area contributed by atoms with Crippen LogP contribution in [0, 0.1) is 0 Å². The molecule has 10 N–H and O–H groups in total. The Bertz CT molecular complexity index is 826. The fraction of sp³-hybridized carbons (Fsp3) is 0.438. The van der Waals surface area contributed by atoms with E-state index in [9.17, 15) is 33.9 Å². The van der Waals surface area contributed by atoms with Crippen molar-refractivity contribution in [3.05, 3.63) is 18.2 Å². The predicted molar refractivity (Wildman–Crippen MR) is 101 cm³/mol. The number of nitrogens with two attached hydrogens (primary N) is 2. The second kappa shape index (κ2) is 11.9. The van der Waals surface area contributed by atoms with Crippen LogP contribution in [0.2, 0.25) is 0 Å². The van der Waals surface area contributed by atoms with Gasteiger partial charge in [0.05, 0.1) is 25.7 Å². The van der Waals surface area contributed by atoms with Gasteiger partial charge in [-0.05, 0) is 0 Å². The molecule has 0 spiro atoms. The van der Waals surface area contributed by atoms with Crippen LogP contribution < -0.4 is 27.4 Å². The van der Waals surface area contributed by atoms with E-state index in [0.717, 1.165) is 0 Å². The molecule has 3 atom stereocenters. The second-order valence-corrected chi connectivity index (χ2v) is 6.33. The van der Waals surface area contributed by atoms with Crippen LogP contribution in [0.1, 0.15) is 18.5 Å². The smallest absolute Gasteiger partial charge is 0.326 e. The molecule has 4 amide bonds. The zero-order valence-electron chi connectivity index (χ0n) is 16.2. The van der Waals surface area contributed by atoms with Crippen molar-refractivity contribution in [2.75, 3.05) is 6.54 Å². The number of amides is 4. The van der Waals surface area contributed by atoms with Gasteiger partial charge in [0.15, 0.2) is 0 Å². The monoisotopic (exact) mass is 441 g/mol. The molecule has 0 fully saturated rings. The first kappa shape index (κ1) is 25.0. The molecule has 1 aromatic rings. The molecule has 1 aromatic heterocycles. The number of imidazole rings is 1. The Morgan fingerprint density at radius 1 is 0.968 bits per heavy atom. The van der Waals surface area contributed by atoms with E-state index < -0.39 is 73.1 Å². The Morgan fingerprint density at radius 3 is 2.00 bits per heavy atom. The summed E-state index contributed by atoms with van der Waals surface area (Å²) in [6.07, 6.45) is 0.941. The average molecular weight is 441 g/mol. The number of aromatic nitrogens is 2. The molecular weight excluding hydrogens is 418 g/mol. The molecule has 0 radical (unpaired) electrons. The Morgan fingerprint density at radius 2 is 1.55 bits per heavy atom. The van der Waals surface area contributed by atoms with Crippen LogP contribution in [0.4, 0.5) is 0 Å². The van der Waals surface area contributed by atoms with Crippen molar-refractivity contribution >= 4 is 35.6 Å². The standard InChI is InChI=1S/C16H23N7O8/c17-4-12(25)21-9(3-13(26)27)15(29)22-8(2-11(18)24)14(28)23-10(16(30)31)1-7-5-19-6-20-7/h5-6,8-10H,1-4,17H2,(H2,18,24)(H,19,20)(H,21,25)(H,22,29)(H,23,28)(H,26,27)(H,30,31). The minimum Gasteiger partial charge on any atom is -0.481 e. The molecule has 0 saturated carbocycles. The van der Waals surface area contributed by atoms with E-state index in [0.29, 0.717) is 5.69 Å². The zero-order valence-corrected chi connectivity index (χ0v) is 16.2. The third-order valence-corrected chi connectivity index (χ3v) is 3.85. The number of hydrogen-bond donors (Lipinski definition) is 8. The van der Waals surface area contributed by atoms with Gasteiger partial charge in [0.25, 0.3) is 0 Å². The topological polar surface area (TPSA) is 260 Å². The van der Waals surface area contributed by atoms with E-state index in [1.807, 2.05) is 0 Å². The van der Waals surface area contributed by atoms with Crippen LogP contribution in [0.15, 0.2) is 12.5 Å². The van der Waals surface area contributed by atoms with Crippen molar-refractivity contribution in [3.63, 3.8) is 0 Å². The molecule has 1 heterocycles. The van der Waals surface area contributed by atoms with Gasteiger partial charge >= 0.3 is 11.9 Å². The van der Waals surface area contributed by atoms with Gasteiger partial charge < -0.3 is 42.6 Å². The predicted octanol–water partition coefficient (Wildman–Crippen LogP) is -4.20. The largest absolute Gasteiger partial charge is 0.481 e. The summed E-state index contributed by atoms with van der Waals surface area (Å²) >= 11 is 0. The van der Waals surface area contributed by atoms with Gasteiger partial charge in [0.2, 0.25) is 23.6 Å². The summed E-state index contributed by atoms with van der Waals surface area (Å²) in [4.78, 5) is 76.5.